The number of anilines is 1. The van der Waals surface area contributed by atoms with E-state index in [1.165, 1.54) is 18.2 Å². The number of halogens is 3. The standard InChI is InChI=1S/C11H8F3N2O3S/c12-11(13,14)5-3-1-2-4-6(5)15-10-16-8(17)7(20-10)9(18)19/h1-4,7,20H,(H,18,19)(H,15,16,17). The van der Waals surface area contributed by atoms with Gasteiger partial charge in [-0.2, -0.15) is 18.2 Å². The third-order valence-corrected chi connectivity index (χ3v) is 3.57. The Balaban J connectivity index is 2.23. The van der Waals surface area contributed by atoms with E-state index >= 15 is 0 Å². The van der Waals surface area contributed by atoms with Gasteiger partial charge in [0.15, 0.2) is 10.4 Å². The van der Waals surface area contributed by atoms with Gasteiger partial charge in [-0.3, -0.25) is 9.59 Å². The van der Waals surface area contributed by atoms with E-state index in [4.69, 9.17) is 5.11 Å². The van der Waals surface area contributed by atoms with Crippen LogP contribution in [0.2, 0.25) is 0 Å². The number of nitrogens with zero attached hydrogens (tertiary/aromatic N) is 1. The molecule has 1 atom stereocenters. The molecule has 1 amide bonds. The second-order valence-electron chi connectivity index (χ2n) is 3.81. The fraction of sp³-hybridized carbons (Fsp3) is 0.182. The molecule has 20 heavy (non-hydrogen) atoms. The zero-order chi connectivity index (χ0) is 14.9. The number of carboxylic acid groups (broad SMARTS) is 1. The molecule has 0 saturated heterocycles. The van der Waals surface area contributed by atoms with Crippen LogP contribution in [0.1, 0.15) is 5.56 Å². The predicted molar refractivity (Wildman–Crippen MR) is 67.9 cm³/mol. The van der Waals surface area contributed by atoms with Gasteiger partial charge in [0, 0.05) is 0 Å². The van der Waals surface area contributed by atoms with Crippen LogP contribution in [-0.2, 0) is 15.8 Å². The molecule has 0 aliphatic carbocycles. The monoisotopic (exact) mass is 305 g/mol. The molecule has 1 heterocycles. The first-order valence-corrected chi connectivity index (χ1v) is 6.25. The number of benzene rings is 1. The van der Waals surface area contributed by atoms with Crippen LogP contribution in [0, 0.1) is 0 Å². The number of alkyl halides is 3. The molecule has 1 radical (unpaired) electrons. The first-order chi connectivity index (χ1) is 9.29. The lowest BCUT2D eigenvalue weighted by atomic mass is 10.2. The molecule has 0 spiro atoms. The van der Waals surface area contributed by atoms with Gasteiger partial charge in [-0.15, -0.1) is 11.8 Å². The smallest absolute Gasteiger partial charge is 0.418 e. The molecule has 1 unspecified atom stereocenters. The van der Waals surface area contributed by atoms with Crippen molar-refractivity contribution in [1.82, 2.24) is 0 Å². The van der Waals surface area contributed by atoms with Gasteiger partial charge >= 0.3 is 12.1 Å². The number of thiol groups is 1. The molecular formula is C11H8F3N2O3S. The van der Waals surface area contributed by atoms with Crippen LogP contribution in [0.4, 0.5) is 18.9 Å². The summed E-state index contributed by atoms with van der Waals surface area (Å²) in [7, 11) is 0. The molecule has 0 saturated carbocycles. The van der Waals surface area contributed by atoms with Crippen LogP contribution < -0.4 is 5.32 Å². The van der Waals surface area contributed by atoms with Crippen molar-refractivity contribution in [1.29, 1.82) is 0 Å². The minimum atomic E-state index is -4.56. The summed E-state index contributed by atoms with van der Waals surface area (Å²) in [6.07, 6.45) is -4.56. The van der Waals surface area contributed by atoms with E-state index in [1.54, 1.807) is 0 Å². The highest BCUT2D eigenvalue weighted by Gasteiger charge is 2.36. The Labute approximate surface area is 114 Å². The zero-order valence-electron chi connectivity index (χ0n) is 9.68. The first-order valence-electron chi connectivity index (χ1n) is 5.28. The fourth-order valence-electron chi connectivity index (χ4n) is 1.55. The van der Waals surface area contributed by atoms with Crippen LogP contribution in [0.3, 0.4) is 0 Å². The van der Waals surface area contributed by atoms with Crippen LogP contribution in [0.5, 0.6) is 0 Å². The minimum absolute atomic E-state index is 0.0214. The lowest BCUT2D eigenvalue weighted by Gasteiger charge is -2.14. The molecule has 1 aromatic rings. The van der Waals surface area contributed by atoms with E-state index in [0.29, 0.717) is 0 Å². The Bertz CT molecular complexity index is 601. The Hall–Kier alpha value is -2.03. The van der Waals surface area contributed by atoms with Gasteiger partial charge < -0.3 is 10.4 Å². The van der Waals surface area contributed by atoms with Gasteiger partial charge in [0.05, 0.1) is 11.3 Å². The van der Waals surface area contributed by atoms with Gasteiger partial charge in [0.1, 0.15) is 0 Å². The molecule has 1 aromatic carbocycles. The molecular weight excluding hydrogens is 297 g/mol. The highest BCUT2D eigenvalue weighted by atomic mass is 32.2. The maximum Gasteiger partial charge on any atom is 0.418 e. The van der Waals surface area contributed by atoms with Crippen molar-refractivity contribution in [3.8, 4) is 0 Å². The van der Waals surface area contributed by atoms with Crippen molar-refractivity contribution in [2.45, 2.75) is 11.4 Å². The number of hydrogen-bond donors (Lipinski definition) is 3. The number of hydrogen-bond acceptors (Lipinski definition) is 3. The Morgan fingerprint density at radius 2 is 2.00 bits per heavy atom. The van der Waals surface area contributed by atoms with Crippen molar-refractivity contribution in [2.24, 2.45) is 4.99 Å². The summed E-state index contributed by atoms with van der Waals surface area (Å²) in [5, 5.41) is 9.63. The lowest BCUT2D eigenvalue weighted by molar-refractivity contribution is -0.139. The molecule has 9 heteroatoms. The SMILES string of the molecule is O=C(O)C1[SH]C(Nc2ccccc2C(F)(F)F)=NC1=O. The number of aliphatic imine (C=N–C) groups is 1. The number of carbonyl (C=O) groups is 2. The average molecular weight is 305 g/mol. The summed E-state index contributed by atoms with van der Waals surface area (Å²) in [6.45, 7) is 0. The van der Waals surface area contributed by atoms with Gasteiger partial charge in [-0.1, -0.05) is 12.1 Å². The number of para-hydroxylation sites is 1. The maximum absolute atomic E-state index is 12.8. The average Bonchev–Trinajstić information content (AvgIpc) is 2.69. The lowest BCUT2D eigenvalue weighted by Crippen LogP contribution is -2.22. The molecule has 2 rings (SSSR count). The van der Waals surface area contributed by atoms with E-state index < -0.39 is 28.9 Å². The summed E-state index contributed by atoms with van der Waals surface area (Å²) in [5.41, 5.74) is -1.19. The second-order valence-corrected chi connectivity index (χ2v) is 5.01. The number of amidine groups is 1. The Morgan fingerprint density at radius 3 is 2.55 bits per heavy atom. The topological polar surface area (TPSA) is 78.8 Å². The summed E-state index contributed by atoms with van der Waals surface area (Å²) >= 11 is 0.0214. The van der Waals surface area contributed by atoms with Gasteiger partial charge in [0.25, 0.3) is 5.91 Å². The number of nitrogens with one attached hydrogen (secondary N) is 1. The van der Waals surface area contributed by atoms with Crippen molar-refractivity contribution < 1.29 is 27.9 Å². The maximum atomic E-state index is 12.8. The van der Waals surface area contributed by atoms with E-state index in [1.807, 2.05) is 0 Å². The molecule has 5 nitrogen and oxygen atoms in total. The predicted octanol–water partition coefficient (Wildman–Crippen LogP) is 1.93. The van der Waals surface area contributed by atoms with Crippen LogP contribution in [-0.4, -0.2) is 27.4 Å². The van der Waals surface area contributed by atoms with Crippen molar-refractivity contribution >= 4 is 34.5 Å². The van der Waals surface area contributed by atoms with Gasteiger partial charge in [-0.05, 0) is 12.1 Å². The van der Waals surface area contributed by atoms with E-state index in [-0.39, 0.29) is 22.6 Å². The normalized spacial score (nSPS) is 18.9. The quantitative estimate of drug-likeness (QED) is 0.576. The molecule has 1 aliphatic heterocycles. The molecule has 1 aliphatic rings. The second kappa shape index (κ2) is 5.16. The van der Waals surface area contributed by atoms with Crippen LogP contribution >= 0.6 is 11.8 Å². The zero-order valence-corrected chi connectivity index (χ0v) is 10.6. The highest BCUT2D eigenvalue weighted by Crippen LogP contribution is 2.35. The van der Waals surface area contributed by atoms with Gasteiger partial charge in [0.2, 0.25) is 0 Å². The van der Waals surface area contributed by atoms with Crippen LogP contribution in [0.15, 0.2) is 29.3 Å². The molecule has 0 aromatic heterocycles. The summed E-state index contributed by atoms with van der Waals surface area (Å²) in [4.78, 5) is 25.4. The Morgan fingerprint density at radius 1 is 1.35 bits per heavy atom. The first kappa shape index (κ1) is 14.4. The van der Waals surface area contributed by atoms with E-state index in [2.05, 4.69) is 10.3 Å². The number of rotatable bonds is 2. The van der Waals surface area contributed by atoms with Crippen LogP contribution in [0.25, 0.3) is 0 Å². The third-order valence-electron chi connectivity index (χ3n) is 2.41. The van der Waals surface area contributed by atoms with Crippen molar-refractivity contribution in [2.75, 3.05) is 5.32 Å². The molecule has 0 bridgehead atoms. The number of aliphatic carboxylic acids is 1. The third kappa shape index (κ3) is 2.93. The Kier molecular flexibility index (Phi) is 3.71. The van der Waals surface area contributed by atoms with E-state index in [0.717, 1.165) is 6.07 Å². The largest absolute Gasteiger partial charge is 0.480 e. The highest BCUT2D eigenvalue weighted by molar-refractivity contribution is 8.16. The summed E-state index contributed by atoms with van der Waals surface area (Å²) < 4.78 is 38.3. The van der Waals surface area contributed by atoms with E-state index in [9.17, 15) is 22.8 Å². The molecule has 2 N–H and O–H groups in total. The number of amides is 1. The summed E-state index contributed by atoms with van der Waals surface area (Å²) in [5.74, 6) is -2.24. The number of carboxylic acids is 1. The summed E-state index contributed by atoms with van der Waals surface area (Å²) in [6, 6.07) is 4.68. The van der Waals surface area contributed by atoms with Crippen molar-refractivity contribution in [3.05, 3.63) is 29.8 Å². The van der Waals surface area contributed by atoms with Gasteiger partial charge in [-0.25, -0.2) is 0 Å². The minimum Gasteiger partial charge on any atom is -0.480 e. The molecule has 0 fully saturated rings. The molecule has 107 valence electrons. The van der Waals surface area contributed by atoms with Crippen molar-refractivity contribution in [3.63, 3.8) is 0 Å². The number of carbonyl (C=O) groups excluding carboxylic acids is 1. The fourth-order valence-corrected chi connectivity index (χ4v) is 2.42.